The van der Waals surface area contributed by atoms with Gasteiger partial charge in [-0.05, 0) is 48.7 Å². The van der Waals surface area contributed by atoms with Crippen molar-refractivity contribution in [2.24, 2.45) is 0 Å². The van der Waals surface area contributed by atoms with Crippen LogP contribution in [0.5, 0.6) is 5.75 Å². The van der Waals surface area contributed by atoms with Crippen molar-refractivity contribution < 1.29 is 25.6 Å². The van der Waals surface area contributed by atoms with E-state index in [1.165, 1.54) is 42.5 Å². The molecule has 6 nitrogen and oxygen atoms in total. The SMILES string of the molecule is Cc1ccc(S(=O)(=O)Oc2ccc3c(S(=O)(=O)O)cccc3c2)cc1. The summed E-state index contributed by atoms with van der Waals surface area (Å²) in [5, 5.41) is 0.691. The molecule has 0 heterocycles. The van der Waals surface area contributed by atoms with Crippen molar-refractivity contribution in [2.75, 3.05) is 0 Å². The van der Waals surface area contributed by atoms with Crippen LogP contribution in [0.4, 0.5) is 0 Å². The average molecular weight is 378 g/mol. The first-order valence-corrected chi connectivity index (χ1v) is 10.0. The van der Waals surface area contributed by atoms with Gasteiger partial charge in [-0.25, -0.2) is 0 Å². The molecular weight excluding hydrogens is 364 g/mol. The third-order valence-electron chi connectivity index (χ3n) is 3.61. The fourth-order valence-corrected chi connectivity index (χ4v) is 4.03. The Kier molecular flexibility index (Phi) is 4.28. The topological polar surface area (TPSA) is 97.7 Å². The molecule has 0 amide bonds. The van der Waals surface area contributed by atoms with Gasteiger partial charge in [-0.3, -0.25) is 4.55 Å². The Hall–Kier alpha value is -2.42. The predicted molar refractivity (Wildman–Crippen MR) is 92.8 cm³/mol. The predicted octanol–water partition coefficient (Wildman–Crippen LogP) is 3.16. The van der Waals surface area contributed by atoms with Crippen molar-refractivity contribution in [2.45, 2.75) is 16.7 Å². The van der Waals surface area contributed by atoms with Crippen molar-refractivity contribution >= 4 is 31.0 Å². The van der Waals surface area contributed by atoms with Crippen LogP contribution in [0.2, 0.25) is 0 Å². The summed E-state index contributed by atoms with van der Waals surface area (Å²) in [6.45, 7) is 1.84. The van der Waals surface area contributed by atoms with E-state index in [2.05, 4.69) is 0 Å². The zero-order valence-electron chi connectivity index (χ0n) is 13.1. The standard InChI is InChI=1S/C17H14O6S2/c1-12-5-8-15(9-6-12)25(21,22)23-14-7-10-16-13(11-14)3-2-4-17(16)24(18,19)20/h2-11H,1H3,(H,18,19,20). The van der Waals surface area contributed by atoms with Crippen molar-refractivity contribution in [3.05, 3.63) is 66.2 Å². The van der Waals surface area contributed by atoms with Gasteiger partial charge in [0.15, 0.2) is 0 Å². The van der Waals surface area contributed by atoms with Crippen molar-refractivity contribution in [1.82, 2.24) is 0 Å². The number of benzene rings is 3. The van der Waals surface area contributed by atoms with Crippen molar-refractivity contribution in [3.8, 4) is 5.75 Å². The maximum absolute atomic E-state index is 12.3. The van der Waals surface area contributed by atoms with Crippen LogP contribution in [0, 0.1) is 6.92 Å². The first kappa shape index (κ1) is 17.4. The Labute approximate surface area is 145 Å². The quantitative estimate of drug-likeness (QED) is 0.553. The van der Waals surface area contributed by atoms with Gasteiger partial charge in [0.25, 0.3) is 10.1 Å². The lowest BCUT2D eigenvalue weighted by Crippen LogP contribution is -2.09. The van der Waals surface area contributed by atoms with Gasteiger partial charge in [0.1, 0.15) is 15.5 Å². The molecule has 0 bridgehead atoms. The van der Waals surface area contributed by atoms with E-state index in [9.17, 15) is 21.4 Å². The highest BCUT2D eigenvalue weighted by Gasteiger charge is 2.18. The third-order valence-corrected chi connectivity index (χ3v) is 5.78. The molecule has 0 fully saturated rings. The van der Waals surface area contributed by atoms with Gasteiger partial charge in [-0.2, -0.15) is 16.8 Å². The van der Waals surface area contributed by atoms with Crippen LogP contribution in [0.3, 0.4) is 0 Å². The van der Waals surface area contributed by atoms with E-state index in [0.29, 0.717) is 5.39 Å². The Morgan fingerprint density at radius 3 is 2.20 bits per heavy atom. The summed E-state index contributed by atoms with van der Waals surface area (Å²) in [5.41, 5.74) is 0.919. The average Bonchev–Trinajstić information content (AvgIpc) is 2.53. The van der Waals surface area contributed by atoms with E-state index in [0.717, 1.165) is 5.56 Å². The first-order chi connectivity index (χ1) is 11.7. The molecule has 0 aliphatic carbocycles. The Morgan fingerprint density at radius 2 is 1.56 bits per heavy atom. The van der Waals surface area contributed by atoms with Crippen LogP contribution in [0.25, 0.3) is 10.8 Å². The lowest BCUT2D eigenvalue weighted by atomic mass is 10.1. The molecule has 0 aromatic heterocycles. The van der Waals surface area contributed by atoms with Crippen molar-refractivity contribution in [1.29, 1.82) is 0 Å². The molecule has 3 aromatic carbocycles. The van der Waals surface area contributed by atoms with E-state index in [-0.39, 0.29) is 20.9 Å². The minimum absolute atomic E-state index is 0.0184. The molecule has 0 radical (unpaired) electrons. The smallest absolute Gasteiger partial charge is 0.339 e. The highest BCUT2D eigenvalue weighted by Crippen LogP contribution is 2.28. The van der Waals surface area contributed by atoms with Crippen LogP contribution in [0.1, 0.15) is 5.56 Å². The molecule has 1 N–H and O–H groups in total. The van der Waals surface area contributed by atoms with E-state index in [4.69, 9.17) is 4.18 Å². The molecule has 25 heavy (non-hydrogen) atoms. The van der Waals surface area contributed by atoms with E-state index >= 15 is 0 Å². The lowest BCUT2D eigenvalue weighted by Gasteiger charge is -2.09. The zero-order chi connectivity index (χ0) is 18.2. The summed E-state index contributed by atoms with van der Waals surface area (Å²) >= 11 is 0. The Balaban J connectivity index is 2.02. The van der Waals surface area contributed by atoms with Gasteiger partial charge in [-0.1, -0.05) is 29.8 Å². The van der Waals surface area contributed by atoms with E-state index in [1.807, 2.05) is 6.92 Å². The largest absolute Gasteiger partial charge is 0.379 e. The number of hydrogen-bond acceptors (Lipinski definition) is 5. The summed E-state index contributed by atoms with van der Waals surface area (Å²) in [6.07, 6.45) is 0. The molecule has 3 aromatic rings. The number of rotatable bonds is 4. The second-order valence-electron chi connectivity index (χ2n) is 5.46. The molecule has 0 saturated carbocycles. The van der Waals surface area contributed by atoms with Crippen LogP contribution >= 0.6 is 0 Å². The van der Waals surface area contributed by atoms with Gasteiger partial charge < -0.3 is 4.18 Å². The van der Waals surface area contributed by atoms with Crippen LogP contribution in [-0.2, 0) is 20.2 Å². The molecule has 0 aliphatic rings. The summed E-state index contributed by atoms with van der Waals surface area (Å²) in [4.78, 5) is -0.233. The molecule has 3 rings (SSSR count). The van der Waals surface area contributed by atoms with E-state index in [1.54, 1.807) is 18.2 Å². The third kappa shape index (κ3) is 3.65. The lowest BCUT2D eigenvalue weighted by molar-refractivity contribution is 0.482. The minimum Gasteiger partial charge on any atom is -0.379 e. The zero-order valence-corrected chi connectivity index (χ0v) is 14.7. The van der Waals surface area contributed by atoms with E-state index < -0.39 is 20.2 Å². The maximum Gasteiger partial charge on any atom is 0.339 e. The second kappa shape index (κ2) is 6.14. The second-order valence-corrected chi connectivity index (χ2v) is 8.40. The molecule has 0 unspecified atom stereocenters. The van der Waals surface area contributed by atoms with Gasteiger partial charge in [0.05, 0.1) is 0 Å². The molecule has 0 spiro atoms. The monoisotopic (exact) mass is 378 g/mol. The highest BCUT2D eigenvalue weighted by molar-refractivity contribution is 7.87. The summed E-state index contributed by atoms with van der Waals surface area (Å²) < 4.78 is 61.8. The summed E-state index contributed by atoms with van der Waals surface area (Å²) in [7, 11) is -8.39. The van der Waals surface area contributed by atoms with Gasteiger partial charge in [0, 0.05) is 5.39 Å². The molecular formula is C17H14O6S2. The maximum atomic E-state index is 12.3. The fraction of sp³-hybridized carbons (Fsp3) is 0.0588. The fourth-order valence-electron chi connectivity index (χ4n) is 2.39. The number of hydrogen-bond donors (Lipinski definition) is 1. The van der Waals surface area contributed by atoms with Gasteiger partial charge in [-0.15, -0.1) is 0 Å². The van der Waals surface area contributed by atoms with Crippen LogP contribution in [-0.4, -0.2) is 21.4 Å². The molecule has 0 saturated heterocycles. The Morgan fingerprint density at radius 1 is 0.880 bits per heavy atom. The van der Waals surface area contributed by atoms with Crippen molar-refractivity contribution in [3.63, 3.8) is 0 Å². The normalized spacial score (nSPS) is 12.2. The molecule has 0 atom stereocenters. The van der Waals surface area contributed by atoms with Gasteiger partial charge >= 0.3 is 10.1 Å². The molecule has 8 heteroatoms. The first-order valence-electron chi connectivity index (χ1n) is 7.18. The summed E-state index contributed by atoms with van der Waals surface area (Å²) in [5.74, 6) is 0.0422. The minimum atomic E-state index is -4.38. The number of aryl methyl sites for hydroxylation is 1. The molecule has 0 aliphatic heterocycles. The molecule has 130 valence electrons. The van der Waals surface area contributed by atoms with Crippen LogP contribution in [0.15, 0.2) is 70.5 Å². The van der Waals surface area contributed by atoms with Crippen LogP contribution < -0.4 is 4.18 Å². The Bertz CT molecular complexity index is 1150. The summed E-state index contributed by atoms with van der Waals surface area (Å²) in [6, 6.07) is 14.6. The van der Waals surface area contributed by atoms with Gasteiger partial charge in [0.2, 0.25) is 0 Å². The number of fused-ring (bicyclic) bond motifs is 1. The highest BCUT2D eigenvalue weighted by atomic mass is 32.2.